The van der Waals surface area contributed by atoms with Crippen LogP contribution in [0.4, 0.5) is 0 Å². The van der Waals surface area contributed by atoms with Crippen LogP contribution in [0.1, 0.15) is 59.2 Å². The number of hydrogen-bond donors (Lipinski definition) is 1. The summed E-state index contributed by atoms with van der Waals surface area (Å²) in [5.74, 6) is -0.615. The van der Waals surface area contributed by atoms with Crippen molar-refractivity contribution in [3.63, 3.8) is 0 Å². The molecule has 0 spiro atoms. The highest BCUT2D eigenvalue weighted by molar-refractivity contribution is 7.17. The van der Waals surface area contributed by atoms with E-state index in [1.165, 1.54) is 15.8 Å². The molecule has 0 fully saturated rings. The van der Waals surface area contributed by atoms with Crippen LogP contribution in [0.3, 0.4) is 0 Å². The van der Waals surface area contributed by atoms with Gasteiger partial charge in [0.15, 0.2) is 5.65 Å². The number of aromatic nitrogens is 5. The zero-order valence-corrected chi connectivity index (χ0v) is 23.3. The van der Waals surface area contributed by atoms with Crippen molar-refractivity contribution in [2.75, 3.05) is 6.54 Å². The molecule has 5 heterocycles. The molecule has 0 radical (unpaired) electrons. The fourth-order valence-electron chi connectivity index (χ4n) is 5.99. The third kappa shape index (κ3) is 4.92. The minimum Gasteiger partial charge on any atom is -0.481 e. The molecule has 39 heavy (non-hydrogen) atoms. The molecule has 200 valence electrons. The number of aryl methyl sites for hydroxylation is 2. The van der Waals surface area contributed by atoms with Gasteiger partial charge >= 0.3 is 5.97 Å². The van der Waals surface area contributed by atoms with Gasteiger partial charge < -0.3 is 5.11 Å². The van der Waals surface area contributed by atoms with Crippen molar-refractivity contribution < 1.29 is 9.90 Å². The Morgan fingerprint density at radius 1 is 1.26 bits per heavy atom. The summed E-state index contributed by atoms with van der Waals surface area (Å²) in [6, 6.07) is 10.8. The maximum atomic E-state index is 12.1. The van der Waals surface area contributed by atoms with E-state index in [2.05, 4.69) is 56.8 Å². The quantitative estimate of drug-likeness (QED) is 0.292. The SMILES string of the molecule is CC[C@H]1Cc2cccnc2CN(Cc2cc(C(CC(=O)O)c3cnc4c(nnn4C)c3C)cc3ccsc23)C1. The second-order valence-corrected chi connectivity index (χ2v) is 11.6. The van der Waals surface area contributed by atoms with Crippen molar-refractivity contribution in [2.45, 2.75) is 52.1 Å². The molecule has 1 aromatic carbocycles. The maximum absolute atomic E-state index is 12.1. The average molecular weight is 541 g/mol. The van der Waals surface area contributed by atoms with Crippen molar-refractivity contribution in [3.05, 3.63) is 81.6 Å². The molecule has 9 heteroatoms. The van der Waals surface area contributed by atoms with E-state index in [1.54, 1.807) is 22.2 Å². The van der Waals surface area contributed by atoms with E-state index in [4.69, 9.17) is 4.98 Å². The molecular weight excluding hydrogens is 508 g/mol. The van der Waals surface area contributed by atoms with Crippen molar-refractivity contribution in [1.82, 2.24) is 29.9 Å². The highest BCUT2D eigenvalue weighted by Gasteiger charge is 2.26. The van der Waals surface area contributed by atoms with Crippen LogP contribution >= 0.6 is 11.3 Å². The van der Waals surface area contributed by atoms with Gasteiger partial charge in [0, 0.05) is 49.7 Å². The summed E-state index contributed by atoms with van der Waals surface area (Å²) in [5, 5.41) is 21.6. The first-order chi connectivity index (χ1) is 18.9. The lowest BCUT2D eigenvalue weighted by Crippen LogP contribution is -2.27. The lowest BCUT2D eigenvalue weighted by molar-refractivity contribution is -0.137. The van der Waals surface area contributed by atoms with Gasteiger partial charge in [-0.25, -0.2) is 9.67 Å². The smallest absolute Gasteiger partial charge is 0.304 e. The third-order valence-corrected chi connectivity index (χ3v) is 9.08. The first-order valence-corrected chi connectivity index (χ1v) is 14.3. The number of pyridine rings is 2. The van der Waals surface area contributed by atoms with Crippen LogP contribution in [0.15, 0.2) is 48.1 Å². The van der Waals surface area contributed by atoms with Crippen LogP contribution in [0.5, 0.6) is 0 Å². The Morgan fingerprint density at radius 2 is 2.13 bits per heavy atom. The largest absolute Gasteiger partial charge is 0.481 e. The minimum absolute atomic E-state index is 0.0255. The predicted octanol–water partition coefficient (Wildman–Crippen LogP) is 5.47. The van der Waals surface area contributed by atoms with Crippen molar-refractivity contribution >= 4 is 38.6 Å². The number of thiophene rings is 1. The van der Waals surface area contributed by atoms with Gasteiger partial charge in [0.05, 0.1) is 12.1 Å². The number of benzene rings is 1. The number of carbonyl (C=O) groups is 1. The standard InChI is InChI=1S/C30H32N6O2S/c1-4-19-10-20-6-5-8-31-26(20)17-36(15-19)16-23-12-22(11-21-7-9-39-29(21)23)24(13-27(37)38)25-14-32-30-28(18(25)2)33-34-35(30)3/h5-9,11-12,14,19,24H,4,10,13,15-17H2,1-3H3,(H,37,38)/t19-,24?/m0/s1. The zero-order valence-electron chi connectivity index (χ0n) is 22.5. The van der Waals surface area contributed by atoms with Gasteiger partial charge in [0.25, 0.3) is 0 Å². The molecule has 0 aliphatic carbocycles. The van der Waals surface area contributed by atoms with Gasteiger partial charge in [-0.3, -0.25) is 14.7 Å². The van der Waals surface area contributed by atoms with Gasteiger partial charge in [-0.2, -0.15) is 0 Å². The first-order valence-electron chi connectivity index (χ1n) is 13.4. The summed E-state index contributed by atoms with van der Waals surface area (Å²) in [6.07, 6.45) is 5.85. The van der Waals surface area contributed by atoms with Gasteiger partial charge in [-0.05, 0) is 76.0 Å². The van der Waals surface area contributed by atoms with E-state index in [0.717, 1.165) is 60.2 Å². The van der Waals surface area contributed by atoms with Crippen molar-refractivity contribution in [3.8, 4) is 0 Å². The Kier molecular flexibility index (Phi) is 6.86. The van der Waals surface area contributed by atoms with Gasteiger partial charge in [0.2, 0.25) is 0 Å². The zero-order chi connectivity index (χ0) is 27.1. The molecule has 2 atom stereocenters. The molecule has 6 rings (SSSR count). The molecule has 0 bridgehead atoms. The second-order valence-electron chi connectivity index (χ2n) is 10.7. The predicted molar refractivity (Wildman–Crippen MR) is 153 cm³/mol. The summed E-state index contributed by atoms with van der Waals surface area (Å²) in [6.45, 7) is 6.86. The van der Waals surface area contributed by atoms with Gasteiger partial charge in [-0.1, -0.05) is 30.7 Å². The summed E-state index contributed by atoms with van der Waals surface area (Å²) in [4.78, 5) is 23.9. The lowest BCUT2D eigenvalue weighted by atomic mass is 9.85. The Morgan fingerprint density at radius 3 is 2.95 bits per heavy atom. The summed E-state index contributed by atoms with van der Waals surface area (Å²) >= 11 is 1.75. The summed E-state index contributed by atoms with van der Waals surface area (Å²) < 4.78 is 2.90. The highest BCUT2D eigenvalue weighted by Crippen LogP contribution is 2.37. The van der Waals surface area contributed by atoms with E-state index in [9.17, 15) is 9.90 Å². The van der Waals surface area contributed by atoms with Crippen LogP contribution in [-0.2, 0) is 31.4 Å². The Bertz CT molecular complexity index is 1680. The molecule has 1 unspecified atom stereocenters. The van der Waals surface area contributed by atoms with E-state index in [-0.39, 0.29) is 12.3 Å². The summed E-state index contributed by atoms with van der Waals surface area (Å²) in [7, 11) is 1.81. The Balaban J connectivity index is 1.42. The maximum Gasteiger partial charge on any atom is 0.304 e. The molecule has 0 saturated heterocycles. The monoisotopic (exact) mass is 540 g/mol. The van der Waals surface area contributed by atoms with E-state index < -0.39 is 5.97 Å². The topological polar surface area (TPSA) is 97.0 Å². The van der Waals surface area contributed by atoms with Crippen LogP contribution < -0.4 is 0 Å². The average Bonchev–Trinajstić information content (AvgIpc) is 3.50. The normalized spacial score (nSPS) is 16.8. The van der Waals surface area contributed by atoms with Gasteiger partial charge in [-0.15, -0.1) is 16.4 Å². The molecule has 1 aliphatic heterocycles. The van der Waals surface area contributed by atoms with Crippen LogP contribution in [0.25, 0.3) is 21.3 Å². The van der Waals surface area contributed by atoms with E-state index in [0.29, 0.717) is 17.1 Å². The molecule has 4 aromatic heterocycles. The number of rotatable bonds is 7. The van der Waals surface area contributed by atoms with E-state index in [1.807, 2.05) is 26.2 Å². The fraction of sp³-hybridized carbons (Fsp3) is 0.367. The van der Waals surface area contributed by atoms with Crippen LogP contribution in [-0.4, -0.2) is 47.5 Å². The molecule has 5 aromatic rings. The van der Waals surface area contributed by atoms with Crippen molar-refractivity contribution in [2.24, 2.45) is 13.0 Å². The fourth-order valence-corrected chi connectivity index (χ4v) is 6.88. The molecular formula is C30H32N6O2S. The molecule has 8 nitrogen and oxygen atoms in total. The number of fused-ring (bicyclic) bond motifs is 3. The number of carboxylic acid groups (broad SMARTS) is 1. The highest BCUT2D eigenvalue weighted by atomic mass is 32.1. The second kappa shape index (κ2) is 10.5. The van der Waals surface area contributed by atoms with Crippen LogP contribution in [0.2, 0.25) is 0 Å². The first kappa shape index (κ1) is 25.6. The molecule has 1 aliphatic rings. The lowest BCUT2D eigenvalue weighted by Gasteiger charge is -2.25. The molecule has 0 saturated carbocycles. The number of nitrogens with zero attached hydrogens (tertiary/aromatic N) is 6. The minimum atomic E-state index is -0.841. The van der Waals surface area contributed by atoms with Gasteiger partial charge in [0.1, 0.15) is 5.52 Å². The Hall–Kier alpha value is -3.69. The third-order valence-electron chi connectivity index (χ3n) is 8.07. The Labute approximate surface area is 231 Å². The number of hydrogen-bond acceptors (Lipinski definition) is 7. The summed E-state index contributed by atoms with van der Waals surface area (Å²) in [5.41, 5.74) is 7.95. The number of carboxylic acids is 1. The van der Waals surface area contributed by atoms with Crippen molar-refractivity contribution in [1.29, 1.82) is 0 Å². The molecule has 0 amide bonds. The van der Waals surface area contributed by atoms with E-state index >= 15 is 0 Å². The van der Waals surface area contributed by atoms with Crippen LogP contribution in [0, 0.1) is 12.8 Å². The number of aliphatic carboxylic acids is 1. The molecule has 1 N–H and O–H groups in total.